The highest BCUT2D eigenvalue weighted by Gasteiger charge is 2.32. The first kappa shape index (κ1) is 25.1. The number of amides is 1. The fourth-order valence-corrected chi connectivity index (χ4v) is 6.46. The molecular formula is C32H30N4O2S. The third-order valence-electron chi connectivity index (χ3n) is 7.42. The maximum Gasteiger partial charge on any atom is 0.271 e. The van der Waals surface area contributed by atoms with Gasteiger partial charge >= 0.3 is 0 Å². The first-order chi connectivity index (χ1) is 19.0. The molecule has 1 amide bonds. The summed E-state index contributed by atoms with van der Waals surface area (Å²) in [5.74, 6) is -0.265. The number of hydrogen-bond donors (Lipinski definition) is 1. The molecule has 2 aliphatic rings. The minimum atomic E-state index is -0.577. The van der Waals surface area contributed by atoms with E-state index in [0.717, 1.165) is 29.8 Å². The molecular weight excluding hydrogens is 504 g/mol. The van der Waals surface area contributed by atoms with Crippen molar-refractivity contribution in [2.45, 2.75) is 32.7 Å². The molecule has 1 aromatic heterocycles. The molecule has 0 aliphatic carbocycles. The molecule has 39 heavy (non-hydrogen) atoms. The predicted molar refractivity (Wildman–Crippen MR) is 158 cm³/mol. The fraction of sp³-hybridized carbons (Fsp3) is 0.219. The summed E-state index contributed by atoms with van der Waals surface area (Å²) in [4.78, 5) is 35.3. The van der Waals surface area contributed by atoms with E-state index in [-0.39, 0.29) is 11.5 Å². The number of benzene rings is 3. The number of allylic oxidation sites excluding steroid dienone is 1. The van der Waals surface area contributed by atoms with Crippen LogP contribution in [0.25, 0.3) is 6.08 Å². The van der Waals surface area contributed by atoms with E-state index in [0.29, 0.717) is 26.3 Å². The van der Waals surface area contributed by atoms with E-state index in [4.69, 9.17) is 4.99 Å². The zero-order valence-corrected chi connectivity index (χ0v) is 22.9. The molecule has 3 aromatic carbocycles. The van der Waals surface area contributed by atoms with Crippen LogP contribution in [0.5, 0.6) is 0 Å². The highest BCUT2D eigenvalue weighted by Crippen LogP contribution is 2.30. The van der Waals surface area contributed by atoms with Crippen LogP contribution in [0.4, 0.5) is 11.4 Å². The lowest BCUT2D eigenvalue weighted by molar-refractivity contribution is -0.113. The molecule has 4 aromatic rings. The number of rotatable bonds is 5. The number of carbonyl (C=O) groups excluding carboxylic acids is 1. The summed E-state index contributed by atoms with van der Waals surface area (Å²) >= 11 is 1.37. The number of aryl methyl sites for hydroxylation is 1. The summed E-state index contributed by atoms with van der Waals surface area (Å²) in [6.07, 6.45) is 4.42. The summed E-state index contributed by atoms with van der Waals surface area (Å²) in [7, 11) is 0. The highest BCUT2D eigenvalue weighted by molar-refractivity contribution is 7.07. The Morgan fingerprint density at radius 3 is 2.36 bits per heavy atom. The maximum absolute atomic E-state index is 13.9. The number of carbonyl (C=O) groups is 1. The highest BCUT2D eigenvalue weighted by atomic mass is 32.1. The Kier molecular flexibility index (Phi) is 6.75. The van der Waals surface area contributed by atoms with Crippen LogP contribution in [0.15, 0.2) is 99.9 Å². The van der Waals surface area contributed by atoms with E-state index in [9.17, 15) is 9.59 Å². The van der Waals surface area contributed by atoms with Crippen molar-refractivity contribution in [3.63, 3.8) is 0 Å². The number of para-hydroxylation sites is 1. The van der Waals surface area contributed by atoms with Gasteiger partial charge in [0.1, 0.15) is 0 Å². The minimum Gasteiger partial charge on any atom is -0.372 e. The SMILES string of the molecule is CC1=C(C(=O)Nc2ccccc2)[C@H](c2ccccc2)n2c(s/c(=C/c3ccc(N4CCCC4)cc3C)c2=O)=N1. The summed E-state index contributed by atoms with van der Waals surface area (Å²) in [5.41, 5.74) is 5.86. The van der Waals surface area contributed by atoms with Crippen molar-refractivity contribution in [1.82, 2.24) is 4.57 Å². The molecule has 1 N–H and O–H groups in total. The molecule has 6 nitrogen and oxygen atoms in total. The van der Waals surface area contributed by atoms with Crippen molar-refractivity contribution >= 4 is 34.7 Å². The van der Waals surface area contributed by atoms with Crippen molar-refractivity contribution < 1.29 is 4.79 Å². The zero-order chi connectivity index (χ0) is 26.9. The van der Waals surface area contributed by atoms with Crippen molar-refractivity contribution in [3.05, 3.63) is 127 Å². The van der Waals surface area contributed by atoms with Crippen LogP contribution >= 0.6 is 11.3 Å². The number of aromatic nitrogens is 1. The Morgan fingerprint density at radius 2 is 1.67 bits per heavy atom. The van der Waals surface area contributed by atoms with Crippen LogP contribution < -0.4 is 25.1 Å². The van der Waals surface area contributed by atoms with Gasteiger partial charge in [-0.2, -0.15) is 0 Å². The second-order valence-electron chi connectivity index (χ2n) is 10.0. The van der Waals surface area contributed by atoms with Gasteiger partial charge in [0.2, 0.25) is 0 Å². The summed E-state index contributed by atoms with van der Waals surface area (Å²) in [5, 5.41) is 2.99. The average Bonchev–Trinajstić information content (AvgIpc) is 3.59. The standard InChI is InChI=1S/C32H30N4O2S/c1-21-19-26(35-17-9-10-18-35)16-15-24(21)20-27-31(38)36-29(23-11-5-3-6-12-23)28(22(2)33-32(36)39-27)30(37)34-25-13-7-4-8-14-25/h3-8,11-16,19-20,29H,9-10,17-18H2,1-2H3,(H,34,37)/b27-20+/t29-/m0/s1. The van der Waals surface area contributed by atoms with Crippen LogP contribution in [-0.2, 0) is 4.79 Å². The number of fused-ring (bicyclic) bond motifs is 1. The second-order valence-corrected chi connectivity index (χ2v) is 11.1. The van der Waals surface area contributed by atoms with Gasteiger partial charge < -0.3 is 10.2 Å². The van der Waals surface area contributed by atoms with E-state index >= 15 is 0 Å². The molecule has 0 unspecified atom stereocenters. The lowest BCUT2D eigenvalue weighted by atomic mass is 9.95. The first-order valence-electron chi connectivity index (χ1n) is 13.3. The van der Waals surface area contributed by atoms with Crippen molar-refractivity contribution in [1.29, 1.82) is 0 Å². The molecule has 3 heterocycles. The van der Waals surface area contributed by atoms with Crippen molar-refractivity contribution in [2.75, 3.05) is 23.3 Å². The molecule has 1 atom stereocenters. The van der Waals surface area contributed by atoms with E-state index < -0.39 is 6.04 Å². The second kappa shape index (κ2) is 10.5. The van der Waals surface area contributed by atoms with Gasteiger partial charge in [0.25, 0.3) is 11.5 Å². The van der Waals surface area contributed by atoms with Gasteiger partial charge in [-0.15, -0.1) is 0 Å². The summed E-state index contributed by atoms with van der Waals surface area (Å²) < 4.78 is 2.27. The monoisotopic (exact) mass is 534 g/mol. The molecule has 6 rings (SSSR count). The van der Waals surface area contributed by atoms with E-state index in [1.54, 1.807) is 4.57 Å². The first-order valence-corrected chi connectivity index (χ1v) is 14.1. The molecule has 0 bridgehead atoms. The van der Waals surface area contributed by atoms with E-state index in [1.165, 1.54) is 29.9 Å². The van der Waals surface area contributed by atoms with Crippen molar-refractivity contribution in [2.24, 2.45) is 4.99 Å². The molecule has 2 aliphatic heterocycles. The Morgan fingerprint density at radius 1 is 0.974 bits per heavy atom. The topological polar surface area (TPSA) is 66.7 Å². The molecule has 0 radical (unpaired) electrons. The van der Waals surface area contributed by atoms with Crippen LogP contribution in [0, 0.1) is 6.92 Å². The van der Waals surface area contributed by atoms with Crippen LogP contribution in [0.1, 0.15) is 42.5 Å². The summed E-state index contributed by atoms with van der Waals surface area (Å²) in [6.45, 7) is 6.12. The van der Waals surface area contributed by atoms with Gasteiger partial charge in [-0.05, 0) is 73.7 Å². The average molecular weight is 535 g/mol. The minimum absolute atomic E-state index is 0.145. The Balaban J connectivity index is 1.44. The molecule has 196 valence electrons. The Labute approximate surface area is 231 Å². The Hall–Kier alpha value is -4.23. The van der Waals surface area contributed by atoms with Gasteiger partial charge in [-0.1, -0.05) is 65.9 Å². The lowest BCUT2D eigenvalue weighted by Gasteiger charge is -2.25. The normalized spacial score (nSPS) is 17.2. The number of nitrogens with zero attached hydrogens (tertiary/aromatic N) is 3. The molecule has 1 saturated heterocycles. The number of nitrogens with one attached hydrogen (secondary N) is 1. The number of hydrogen-bond acceptors (Lipinski definition) is 5. The largest absolute Gasteiger partial charge is 0.372 e. The molecule has 0 saturated carbocycles. The van der Waals surface area contributed by atoms with Crippen LogP contribution in [0.2, 0.25) is 0 Å². The van der Waals surface area contributed by atoms with E-state index in [2.05, 4.69) is 35.3 Å². The number of anilines is 2. The fourth-order valence-electron chi connectivity index (χ4n) is 5.42. The van der Waals surface area contributed by atoms with Gasteiger partial charge in [0, 0.05) is 24.5 Å². The molecule has 1 fully saturated rings. The van der Waals surface area contributed by atoms with Gasteiger partial charge in [0.05, 0.1) is 21.8 Å². The molecule has 0 spiro atoms. The molecule has 7 heteroatoms. The quantitative estimate of drug-likeness (QED) is 0.401. The predicted octanol–water partition coefficient (Wildman–Crippen LogP) is 4.78. The lowest BCUT2D eigenvalue weighted by Crippen LogP contribution is -2.40. The van der Waals surface area contributed by atoms with E-state index in [1.807, 2.05) is 73.7 Å². The third kappa shape index (κ3) is 4.86. The van der Waals surface area contributed by atoms with Gasteiger partial charge in [0.15, 0.2) is 4.80 Å². The summed E-state index contributed by atoms with van der Waals surface area (Å²) in [6, 6.07) is 24.9. The van der Waals surface area contributed by atoms with Crippen LogP contribution in [-0.4, -0.2) is 23.6 Å². The third-order valence-corrected chi connectivity index (χ3v) is 8.41. The van der Waals surface area contributed by atoms with Crippen molar-refractivity contribution in [3.8, 4) is 0 Å². The Bertz CT molecular complexity index is 1750. The smallest absolute Gasteiger partial charge is 0.271 e. The van der Waals surface area contributed by atoms with Gasteiger partial charge in [-0.3, -0.25) is 14.2 Å². The maximum atomic E-state index is 13.9. The number of thiazole rings is 1. The van der Waals surface area contributed by atoms with Crippen LogP contribution in [0.3, 0.4) is 0 Å². The zero-order valence-electron chi connectivity index (χ0n) is 22.1. The van der Waals surface area contributed by atoms with Gasteiger partial charge in [-0.25, -0.2) is 4.99 Å².